The van der Waals surface area contributed by atoms with Crippen molar-refractivity contribution in [2.24, 2.45) is 7.05 Å². The van der Waals surface area contributed by atoms with E-state index in [4.69, 9.17) is 0 Å². The number of nitrogens with zero attached hydrogens (tertiary/aromatic N) is 3. The van der Waals surface area contributed by atoms with Gasteiger partial charge in [0.05, 0.1) is 17.8 Å². The zero-order valence-electron chi connectivity index (χ0n) is 16.1. The van der Waals surface area contributed by atoms with E-state index in [-0.39, 0.29) is 11.2 Å². The van der Waals surface area contributed by atoms with Crippen molar-refractivity contribution in [2.45, 2.75) is 25.7 Å². The van der Waals surface area contributed by atoms with Crippen LogP contribution in [0.5, 0.6) is 0 Å². The van der Waals surface area contributed by atoms with Crippen molar-refractivity contribution in [3.8, 4) is 17.2 Å². The highest BCUT2D eigenvalue weighted by molar-refractivity contribution is 6.33. The Balaban J connectivity index is 1.68. The highest BCUT2D eigenvalue weighted by atomic mass is 16.1. The molecule has 5 rings (SSSR count). The van der Waals surface area contributed by atoms with Gasteiger partial charge in [0.1, 0.15) is 0 Å². The summed E-state index contributed by atoms with van der Waals surface area (Å²) in [6, 6.07) is 13.9. The molecule has 1 aromatic heterocycles. The van der Waals surface area contributed by atoms with Crippen molar-refractivity contribution in [1.29, 1.82) is 5.26 Å². The number of hydrogen-bond donors (Lipinski definition) is 0. The van der Waals surface area contributed by atoms with Crippen LogP contribution in [0.4, 0.5) is 0 Å². The van der Waals surface area contributed by atoms with Gasteiger partial charge in [-0.2, -0.15) is 10.4 Å². The number of benzene rings is 2. The maximum absolute atomic E-state index is 13.4. The molecule has 1 heterocycles. The van der Waals surface area contributed by atoms with Crippen LogP contribution < -0.4 is 0 Å². The van der Waals surface area contributed by atoms with Gasteiger partial charge in [-0.25, -0.2) is 0 Å². The number of hydrogen-bond acceptors (Lipinski definition) is 3. The number of carbonyl (C=O) groups excluding carboxylic acids is 1. The van der Waals surface area contributed by atoms with Crippen LogP contribution in [0.3, 0.4) is 0 Å². The molecule has 0 bridgehead atoms. The largest absolute Gasteiger partial charge is 0.289 e. The van der Waals surface area contributed by atoms with Gasteiger partial charge in [0.25, 0.3) is 0 Å². The molecule has 28 heavy (non-hydrogen) atoms. The molecule has 0 spiro atoms. The van der Waals surface area contributed by atoms with E-state index < -0.39 is 0 Å². The van der Waals surface area contributed by atoms with Crippen LogP contribution >= 0.6 is 0 Å². The molecule has 2 aliphatic carbocycles. The molecule has 2 aromatic carbocycles. The standard InChI is InChI=1S/C24H19N3O/c1-24(2)20-9-15(17-12-26-27(3)13-17)5-7-19(20)23(28)22-18-6-4-14(11-25)8-16(18)10-21(22)24/h4-9,12-13H,10H2,1-3H3. The van der Waals surface area contributed by atoms with Crippen LogP contribution in [0.25, 0.3) is 16.7 Å². The first-order valence-corrected chi connectivity index (χ1v) is 9.35. The molecule has 0 fully saturated rings. The summed E-state index contributed by atoms with van der Waals surface area (Å²) in [6.07, 6.45) is 4.55. The Bertz CT molecular complexity index is 1250. The van der Waals surface area contributed by atoms with Crippen molar-refractivity contribution >= 4 is 11.4 Å². The second kappa shape index (κ2) is 5.53. The van der Waals surface area contributed by atoms with E-state index in [0.717, 1.165) is 50.9 Å². The summed E-state index contributed by atoms with van der Waals surface area (Å²) in [7, 11) is 1.90. The summed E-state index contributed by atoms with van der Waals surface area (Å²) in [5, 5.41) is 13.5. The summed E-state index contributed by atoms with van der Waals surface area (Å²) in [4.78, 5) is 13.4. The monoisotopic (exact) mass is 365 g/mol. The van der Waals surface area contributed by atoms with Gasteiger partial charge in [-0.15, -0.1) is 0 Å². The maximum atomic E-state index is 13.4. The van der Waals surface area contributed by atoms with Crippen LogP contribution in [0.1, 0.15) is 46.5 Å². The van der Waals surface area contributed by atoms with E-state index in [2.05, 4.69) is 31.1 Å². The molecule has 3 aromatic rings. The highest BCUT2D eigenvalue weighted by Crippen LogP contribution is 2.50. The molecular weight excluding hydrogens is 346 g/mol. The Hall–Kier alpha value is -3.45. The predicted octanol–water partition coefficient (Wildman–Crippen LogP) is 4.44. The van der Waals surface area contributed by atoms with Gasteiger partial charge in [-0.3, -0.25) is 9.48 Å². The molecule has 4 heteroatoms. The summed E-state index contributed by atoms with van der Waals surface area (Å²) >= 11 is 0. The Kier molecular flexibility index (Phi) is 3.30. The predicted molar refractivity (Wildman–Crippen MR) is 108 cm³/mol. The van der Waals surface area contributed by atoms with Crippen molar-refractivity contribution in [3.05, 3.63) is 82.2 Å². The molecule has 0 radical (unpaired) electrons. The molecule has 0 saturated carbocycles. The van der Waals surface area contributed by atoms with Crippen LogP contribution in [0.15, 0.2) is 54.4 Å². The lowest BCUT2D eigenvalue weighted by atomic mass is 9.68. The number of aromatic nitrogens is 2. The number of nitriles is 1. The third kappa shape index (κ3) is 2.16. The number of ketones is 1. The molecule has 4 nitrogen and oxygen atoms in total. The minimum atomic E-state index is -0.261. The lowest BCUT2D eigenvalue weighted by molar-refractivity contribution is 0.105. The van der Waals surface area contributed by atoms with Crippen LogP contribution in [-0.2, 0) is 18.9 Å². The number of fused-ring (bicyclic) bond motifs is 3. The van der Waals surface area contributed by atoms with Gasteiger partial charge in [-0.1, -0.05) is 32.0 Å². The fourth-order valence-electron chi connectivity index (χ4n) is 4.59. The van der Waals surface area contributed by atoms with E-state index >= 15 is 0 Å². The summed E-state index contributed by atoms with van der Waals surface area (Å²) in [5.41, 5.74) is 8.35. The fraction of sp³-hybridized carbons (Fsp3) is 0.208. The van der Waals surface area contributed by atoms with Crippen molar-refractivity contribution in [1.82, 2.24) is 9.78 Å². The summed E-state index contributed by atoms with van der Waals surface area (Å²) < 4.78 is 1.78. The van der Waals surface area contributed by atoms with Gasteiger partial charge in [0, 0.05) is 35.4 Å². The van der Waals surface area contributed by atoms with Gasteiger partial charge in [-0.05, 0) is 52.4 Å². The topological polar surface area (TPSA) is 58.7 Å². The average molecular weight is 365 g/mol. The third-order valence-electron chi connectivity index (χ3n) is 6.13. The number of aryl methyl sites for hydroxylation is 1. The maximum Gasteiger partial charge on any atom is 0.193 e. The Morgan fingerprint density at radius 2 is 1.89 bits per heavy atom. The van der Waals surface area contributed by atoms with Crippen molar-refractivity contribution in [3.63, 3.8) is 0 Å². The normalized spacial score (nSPS) is 16.4. The molecule has 0 atom stereocenters. The molecule has 0 saturated heterocycles. The SMILES string of the molecule is Cn1cc(-c2ccc3c(c2)C(C)(C)C2=C(C3=O)c3ccc(C#N)cc3C2)cn1. The second-order valence-corrected chi connectivity index (χ2v) is 8.13. The average Bonchev–Trinajstić information content (AvgIpc) is 3.29. The number of rotatable bonds is 1. The fourth-order valence-corrected chi connectivity index (χ4v) is 4.59. The molecular formula is C24H19N3O. The Labute approximate surface area is 163 Å². The van der Waals surface area contributed by atoms with Gasteiger partial charge < -0.3 is 0 Å². The van der Waals surface area contributed by atoms with E-state index in [1.165, 1.54) is 0 Å². The summed E-state index contributed by atoms with van der Waals surface area (Å²) in [6.45, 7) is 4.38. The first kappa shape index (κ1) is 16.7. The highest BCUT2D eigenvalue weighted by Gasteiger charge is 2.42. The van der Waals surface area contributed by atoms with E-state index in [9.17, 15) is 10.1 Å². The lowest BCUT2D eigenvalue weighted by Gasteiger charge is -2.34. The van der Waals surface area contributed by atoms with Crippen molar-refractivity contribution < 1.29 is 4.79 Å². The molecule has 0 aliphatic heterocycles. The van der Waals surface area contributed by atoms with Crippen molar-refractivity contribution in [2.75, 3.05) is 0 Å². The number of carbonyl (C=O) groups is 1. The molecule has 2 aliphatic rings. The van der Waals surface area contributed by atoms with Gasteiger partial charge in [0.2, 0.25) is 0 Å². The summed E-state index contributed by atoms with van der Waals surface area (Å²) in [5.74, 6) is 0.0884. The van der Waals surface area contributed by atoms with Gasteiger partial charge in [0.15, 0.2) is 5.78 Å². The Morgan fingerprint density at radius 1 is 1.11 bits per heavy atom. The Morgan fingerprint density at radius 3 is 2.61 bits per heavy atom. The minimum Gasteiger partial charge on any atom is -0.289 e. The second-order valence-electron chi connectivity index (χ2n) is 8.13. The number of allylic oxidation sites excluding steroid dienone is 2. The molecule has 0 unspecified atom stereocenters. The number of Topliss-reactive ketones (excluding diaryl/α,β-unsaturated/α-hetero) is 1. The van der Waals surface area contributed by atoms with E-state index in [0.29, 0.717) is 5.56 Å². The third-order valence-corrected chi connectivity index (χ3v) is 6.13. The first-order valence-electron chi connectivity index (χ1n) is 9.35. The molecule has 0 amide bonds. The first-order chi connectivity index (χ1) is 13.4. The van der Waals surface area contributed by atoms with E-state index in [1.54, 1.807) is 10.7 Å². The minimum absolute atomic E-state index is 0.0884. The zero-order chi connectivity index (χ0) is 19.6. The molecule has 0 N–H and O–H groups in total. The lowest BCUT2D eigenvalue weighted by Crippen LogP contribution is -2.29. The zero-order valence-corrected chi connectivity index (χ0v) is 16.1. The quantitative estimate of drug-likeness (QED) is 0.640. The van der Waals surface area contributed by atoms with Crippen LogP contribution in [-0.4, -0.2) is 15.6 Å². The van der Waals surface area contributed by atoms with Crippen LogP contribution in [0, 0.1) is 11.3 Å². The van der Waals surface area contributed by atoms with Crippen LogP contribution in [0.2, 0.25) is 0 Å². The van der Waals surface area contributed by atoms with Gasteiger partial charge >= 0.3 is 0 Å². The molecule has 136 valence electrons. The van der Waals surface area contributed by atoms with E-state index in [1.807, 2.05) is 43.7 Å². The smallest absolute Gasteiger partial charge is 0.193 e.